The van der Waals surface area contributed by atoms with E-state index in [1.54, 1.807) is 30.3 Å². The molecule has 92 valence electrons. The molecule has 18 heavy (non-hydrogen) atoms. The van der Waals surface area contributed by atoms with E-state index in [0.717, 1.165) is 11.8 Å². The Hall–Kier alpha value is -1.51. The van der Waals surface area contributed by atoms with E-state index >= 15 is 0 Å². The first kappa shape index (κ1) is 12.9. The van der Waals surface area contributed by atoms with E-state index in [2.05, 4.69) is 0 Å². The minimum Gasteiger partial charge on any atom is -0.455 e. The molecule has 0 aromatic heterocycles. The Morgan fingerprint density at radius 2 is 1.89 bits per heavy atom. The second kappa shape index (κ2) is 5.42. The van der Waals surface area contributed by atoms with Gasteiger partial charge in [-0.3, -0.25) is 4.79 Å². The molecule has 2 rings (SSSR count). The number of aryl methyl sites for hydroxylation is 1. The van der Waals surface area contributed by atoms with Crippen LogP contribution in [0.25, 0.3) is 0 Å². The molecule has 0 amide bonds. The minimum atomic E-state index is 0.330. The number of ether oxygens (including phenoxy) is 1. The summed E-state index contributed by atoms with van der Waals surface area (Å²) in [5.41, 5.74) is 1.47. The van der Waals surface area contributed by atoms with Gasteiger partial charge in [0.25, 0.3) is 0 Å². The van der Waals surface area contributed by atoms with Gasteiger partial charge in [0, 0.05) is 0 Å². The van der Waals surface area contributed by atoms with E-state index in [-0.39, 0.29) is 0 Å². The van der Waals surface area contributed by atoms with Gasteiger partial charge in [-0.2, -0.15) is 0 Å². The van der Waals surface area contributed by atoms with Crippen LogP contribution >= 0.6 is 23.2 Å². The summed E-state index contributed by atoms with van der Waals surface area (Å²) in [4.78, 5) is 11.0. The minimum absolute atomic E-state index is 0.330. The predicted molar refractivity (Wildman–Crippen MR) is 73.1 cm³/mol. The molecule has 0 fully saturated rings. The van der Waals surface area contributed by atoms with Crippen molar-refractivity contribution in [3.05, 3.63) is 57.6 Å². The molecule has 0 aliphatic carbocycles. The van der Waals surface area contributed by atoms with Crippen LogP contribution in [0.2, 0.25) is 10.0 Å². The summed E-state index contributed by atoms with van der Waals surface area (Å²) in [5.74, 6) is 0.885. The number of halogens is 2. The zero-order valence-electron chi connectivity index (χ0n) is 9.61. The van der Waals surface area contributed by atoms with Crippen molar-refractivity contribution < 1.29 is 9.53 Å². The molecule has 0 atom stereocenters. The van der Waals surface area contributed by atoms with Gasteiger partial charge >= 0.3 is 0 Å². The van der Waals surface area contributed by atoms with Crippen LogP contribution in [0.1, 0.15) is 15.9 Å². The topological polar surface area (TPSA) is 26.3 Å². The molecule has 0 saturated carbocycles. The van der Waals surface area contributed by atoms with E-state index in [4.69, 9.17) is 27.9 Å². The number of rotatable bonds is 3. The fourth-order valence-electron chi connectivity index (χ4n) is 1.53. The maximum absolute atomic E-state index is 11.0. The van der Waals surface area contributed by atoms with Crippen molar-refractivity contribution >= 4 is 29.5 Å². The Labute approximate surface area is 115 Å². The molecule has 0 aliphatic rings. The highest BCUT2D eigenvalue weighted by molar-refractivity contribution is 6.42. The summed E-state index contributed by atoms with van der Waals surface area (Å²) in [5, 5.41) is 0.741. The van der Waals surface area contributed by atoms with Crippen molar-refractivity contribution in [1.82, 2.24) is 0 Å². The largest absolute Gasteiger partial charge is 0.455 e. The summed E-state index contributed by atoms with van der Waals surface area (Å²) >= 11 is 11.9. The van der Waals surface area contributed by atoms with Gasteiger partial charge in [-0.05, 0) is 31.2 Å². The monoisotopic (exact) mass is 280 g/mol. The van der Waals surface area contributed by atoms with Crippen molar-refractivity contribution in [2.75, 3.05) is 0 Å². The van der Waals surface area contributed by atoms with Crippen LogP contribution in [-0.2, 0) is 0 Å². The van der Waals surface area contributed by atoms with Gasteiger partial charge in [0.05, 0.1) is 10.6 Å². The van der Waals surface area contributed by atoms with E-state index in [0.29, 0.717) is 27.1 Å². The Balaban J connectivity index is 2.40. The normalized spacial score (nSPS) is 10.2. The third-order valence-corrected chi connectivity index (χ3v) is 3.23. The van der Waals surface area contributed by atoms with Crippen molar-refractivity contribution in [2.45, 2.75) is 6.92 Å². The molecule has 0 N–H and O–H groups in total. The first-order chi connectivity index (χ1) is 8.61. The number of carbonyl (C=O) groups excluding carboxylic acids is 1. The fraction of sp³-hybridized carbons (Fsp3) is 0.0714. The van der Waals surface area contributed by atoms with Crippen molar-refractivity contribution in [3.63, 3.8) is 0 Å². The summed E-state index contributed by atoms with van der Waals surface area (Å²) in [6.45, 7) is 1.91. The lowest BCUT2D eigenvalue weighted by Gasteiger charge is -2.10. The van der Waals surface area contributed by atoms with E-state index in [9.17, 15) is 4.79 Å². The van der Waals surface area contributed by atoms with Gasteiger partial charge < -0.3 is 4.74 Å². The molecule has 0 saturated heterocycles. The molecule has 0 heterocycles. The van der Waals surface area contributed by atoms with Crippen LogP contribution in [0.15, 0.2) is 36.4 Å². The molecule has 0 spiro atoms. The summed E-state index contributed by atoms with van der Waals surface area (Å²) in [7, 11) is 0. The lowest BCUT2D eigenvalue weighted by Crippen LogP contribution is -1.92. The van der Waals surface area contributed by atoms with Crippen molar-refractivity contribution in [2.24, 2.45) is 0 Å². The van der Waals surface area contributed by atoms with Crippen LogP contribution < -0.4 is 4.74 Å². The molecule has 0 aliphatic heterocycles. The van der Waals surface area contributed by atoms with Crippen molar-refractivity contribution in [3.8, 4) is 11.5 Å². The number of aldehydes is 1. The molecule has 0 radical (unpaired) electrons. The first-order valence-corrected chi connectivity index (χ1v) is 6.05. The summed E-state index contributed by atoms with van der Waals surface area (Å²) < 4.78 is 5.62. The Bertz CT molecular complexity index is 594. The smallest absolute Gasteiger partial charge is 0.153 e. The second-order valence-electron chi connectivity index (χ2n) is 3.81. The van der Waals surface area contributed by atoms with Crippen molar-refractivity contribution in [1.29, 1.82) is 0 Å². The second-order valence-corrected chi connectivity index (χ2v) is 4.60. The van der Waals surface area contributed by atoms with Crippen LogP contribution in [0.5, 0.6) is 11.5 Å². The quantitative estimate of drug-likeness (QED) is 0.747. The van der Waals surface area contributed by atoms with Gasteiger partial charge in [0.1, 0.15) is 16.5 Å². The maximum Gasteiger partial charge on any atom is 0.153 e. The standard InChI is InChI=1S/C14H10Cl2O2/c1-9-5-6-12(10(7-9)8-17)18-13-4-2-3-11(15)14(13)16/h2-8H,1H3. The lowest BCUT2D eigenvalue weighted by atomic mass is 10.1. The average Bonchev–Trinajstić information content (AvgIpc) is 2.37. The highest BCUT2D eigenvalue weighted by Gasteiger charge is 2.09. The highest BCUT2D eigenvalue weighted by Crippen LogP contribution is 2.35. The first-order valence-electron chi connectivity index (χ1n) is 5.29. The molecular weight excluding hydrogens is 271 g/mol. The molecule has 0 bridgehead atoms. The average molecular weight is 281 g/mol. The number of benzene rings is 2. The van der Waals surface area contributed by atoms with E-state index < -0.39 is 0 Å². The molecule has 4 heteroatoms. The van der Waals surface area contributed by atoms with Gasteiger partial charge in [-0.1, -0.05) is 40.9 Å². The van der Waals surface area contributed by atoms with Gasteiger partial charge in [0.2, 0.25) is 0 Å². The van der Waals surface area contributed by atoms with Gasteiger partial charge in [-0.15, -0.1) is 0 Å². The molecule has 2 nitrogen and oxygen atoms in total. The molecule has 0 unspecified atom stereocenters. The van der Waals surface area contributed by atoms with E-state index in [1.807, 2.05) is 13.0 Å². The summed E-state index contributed by atoms with van der Waals surface area (Å²) in [6.07, 6.45) is 0.751. The van der Waals surface area contributed by atoms with Gasteiger partial charge in [-0.25, -0.2) is 0 Å². The fourth-order valence-corrected chi connectivity index (χ4v) is 1.86. The number of carbonyl (C=O) groups is 1. The lowest BCUT2D eigenvalue weighted by molar-refractivity contribution is 0.112. The van der Waals surface area contributed by atoms with Crippen LogP contribution in [0.3, 0.4) is 0 Å². The van der Waals surface area contributed by atoms with Crippen LogP contribution in [-0.4, -0.2) is 6.29 Å². The van der Waals surface area contributed by atoms with Crippen LogP contribution in [0.4, 0.5) is 0 Å². The molecule has 2 aromatic rings. The highest BCUT2D eigenvalue weighted by atomic mass is 35.5. The Kier molecular flexibility index (Phi) is 3.90. The SMILES string of the molecule is Cc1ccc(Oc2cccc(Cl)c2Cl)c(C=O)c1. The maximum atomic E-state index is 11.0. The van der Waals surface area contributed by atoms with E-state index in [1.165, 1.54) is 0 Å². The third-order valence-electron chi connectivity index (χ3n) is 2.43. The summed E-state index contributed by atoms with van der Waals surface area (Å²) in [6, 6.07) is 10.4. The number of hydrogen-bond donors (Lipinski definition) is 0. The zero-order chi connectivity index (χ0) is 13.1. The zero-order valence-corrected chi connectivity index (χ0v) is 11.1. The number of hydrogen-bond acceptors (Lipinski definition) is 2. The predicted octanol–water partition coefficient (Wildman–Crippen LogP) is 4.91. The Morgan fingerprint density at radius 3 is 2.61 bits per heavy atom. The van der Waals surface area contributed by atoms with Crippen LogP contribution in [0, 0.1) is 6.92 Å². The molecular formula is C14H10Cl2O2. The third kappa shape index (κ3) is 2.66. The van der Waals surface area contributed by atoms with Gasteiger partial charge in [0.15, 0.2) is 6.29 Å². The Morgan fingerprint density at radius 1 is 1.11 bits per heavy atom. The molecule has 2 aromatic carbocycles.